The fraction of sp³-hybridized carbons (Fsp3) is 0.222. The zero-order valence-corrected chi connectivity index (χ0v) is 17.1. The molecule has 0 aliphatic rings. The maximum atomic E-state index is 12.7. The maximum absolute atomic E-state index is 12.7. The Morgan fingerprint density at radius 1 is 1.19 bits per heavy atom. The number of nitrogens with zero attached hydrogens (tertiary/aromatic N) is 7. The highest BCUT2D eigenvalue weighted by Crippen LogP contribution is 2.21. The molecule has 2 aromatic carbocycles. The van der Waals surface area contributed by atoms with Gasteiger partial charge in [0.25, 0.3) is 5.69 Å². The van der Waals surface area contributed by atoms with Crippen molar-refractivity contribution in [2.24, 2.45) is 0 Å². The van der Waals surface area contributed by atoms with Crippen LogP contribution in [-0.2, 0) is 29.5 Å². The van der Waals surface area contributed by atoms with E-state index in [9.17, 15) is 18.5 Å². The molecular formula is C18H17N7O5S. The van der Waals surface area contributed by atoms with Crippen molar-refractivity contribution in [3.8, 4) is 0 Å². The average Bonchev–Trinajstić information content (AvgIpc) is 3.39. The Labute approximate surface area is 176 Å². The van der Waals surface area contributed by atoms with Gasteiger partial charge in [0, 0.05) is 25.6 Å². The van der Waals surface area contributed by atoms with Crippen molar-refractivity contribution in [1.82, 2.24) is 29.4 Å². The van der Waals surface area contributed by atoms with Gasteiger partial charge < -0.3 is 4.52 Å². The number of non-ortho nitro benzene ring substituents is 1. The van der Waals surface area contributed by atoms with Crippen molar-refractivity contribution in [1.29, 1.82) is 0 Å². The van der Waals surface area contributed by atoms with Gasteiger partial charge in [0.1, 0.15) is 5.52 Å². The SMILES string of the molecule is CN(Cc1nc(CCn2nnc3ccccc32)no1)S(=O)(=O)c1cccc([N+](=O)[O-])c1. The first-order valence-electron chi connectivity index (χ1n) is 9.15. The molecule has 13 heteroatoms. The number of fused-ring (bicyclic) bond motifs is 1. The first-order valence-corrected chi connectivity index (χ1v) is 10.6. The highest BCUT2D eigenvalue weighted by Gasteiger charge is 2.25. The molecule has 0 aliphatic carbocycles. The van der Waals surface area contributed by atoms with Crippen LogP contribution in [0.2, 0.25) is 0 Å². The number of para-hydroxylation sites is 1. The van der Waals surface area contributed by atoms with Gasteiger partial charge in [0.15, 0.2) is 5.82 Å². The van der Waals surface area contributed by atoms with Gasteiger partial charge in [-0.2, -0.15) is 9.29 Å². The second-order valence-electron chi connectivity index (χ2n) is 6.67. The Kier molecular flexibility index (Phi) is 5.44. The number of nitro benzene ring substituents is 1. The lowest BCUT2D eigenvalue weighted by Gasteiger charge is -2.14. The number of hydrogen-bond acceptors (Lipinski definition) is 9. The molecule has 0 amide bonds. The third-order valence-corrected chi connectivity index (χ3v) is 6.37. The number of aromatic nitrogens is 5. The molecule has 0 fully saturated rings. The molecule has 12 nitrogen and oxygen atoms in total. The van der Waals surface area contributed by atoms with E-state index in [2.05, 4.69) is 20.5 Å². The summed E-state index contributed by atoms with van der Waals surface area (Å²) in [5, 5.41) is 23.0. The van der Waals surface area contributed by atoms with Gasteiger partial charge in [-0.1, -0.05) is 28.6 Å². The summed E-state index contributed by atoms with van der Waals surface area (Å²) in [5.41, 5.74) is 1.36. The molecule has 0 unspecified atom stereocenters. The summed E-state index contributed by atoms with van der Waals surface area (Å²) in [5.74, 6) is 0.505. The molecule has 0 aliphatic heterocycles. The van der Waals surface area contributed by atoms with Gasteiger partial charge in [-0.3, -0.25) is 10.1 Å². The number of rotatable bonds is 8. The van der Waals surface area contributed by atoms with Crippen LogP contribution in [0.5, 0.6) is 0 Å². The van der Waals surface area contributed by atoms with E-state index in [1.54, 1.807) is 4.68 Å². The Bertz CT molecular complexity index is 1350. The molecule has 0 spiro atoms. The standard InChI is InChI=1S/C18H17N7O5S/c1-23(31(28,29)14-6-4-5-13(11-14)25(26)27)12-18-19-17(21-30-18)9-10-24-16-8-3-2-7-15(16)20-22-24/h2-8,11H,9-10,12H2,1H3. The number of aryl methyl sites for hydroxylation is 2. The predicted molar refractivity (Wildman–Crippen MR) is 107 cm³/mol. The first kappa shape index (κ1) is 20.6. The van der Waals surface area contributed by atoms with Crippen LogP contribution in [0.15, 0.2) is 57.9 Å². The zero-order valence-electron chi connectivity index (χ0n) is 16.3. The van der Waals surface area contributed by atoms with Crippen LogP contribution in [0.3, 0.4) is 0 Å². The molecule has 4 aromatic rings. The van der Waals surface area contributed by atoms with Gasteiger partial charge in [-0.25, -0.2) is 13.1 Å². The third-order valence-electron chi connectivity index (χ3n) is 4.57. The number of benzene rings is 2. The van der Waals surface area contributed by atoms with Crippen LogP contribution >= 0.6 is 0 Å². The van der Waals surface area contributed by atoms with Crippen molar-refractivity contribution in [2.75, 3.05) is 7.05 Å². The zero-order chi connectivity index (χ0) is 22.0. The fourth-order valence-electron chi connectivity index (χ4n) is 2.96. The van der Waals surface area contributed by atoms with Crippen LogP contribution in [0.25, 0.3) is 11.0 Å². The van der Waals surface area contributed by atoms with Gasteiger partial charge in [0.05, 0.1) is 28.4 Å². The summed E-state index contributed by atoms with van der Waals surface area (Å²) < 4.78 is 33.3. The molecule has 0 radical (unpaired) electrons. The molecule has 0 saturated heterocycles. The second kappa shape index (κ2) is 8.20. The van der Waals surface area contributed by atoms with Gasteiger partial charge in [-0.05, 0) is 18.2 Å². The highest BCUT2D eigenvalue weighted by atomic mass is 32.2. The van der Waals surface area contributed by atoms with Crippen molar-refractivity contribution in [3.63, 3.8) is 0 Å². The minimum atomic E-state index is -3.98. The highest BCUT2D eigenvalue weighted by molar-refractivity contribution is 7.89. The minimum Gasteiger partial charge on any atom is -0.338 e. The lowest BCUT2D eigenvalue weighted by Crippen LogP contribution is -2.26. The smallest absolute Gasteiger partial charge is 0.270 e. The topological polar surface area (TPSA) is 150 Å². The molecule has 0 bridgehead atoms. The molecule has 0 saturated carbocycles. The predicted octanol–water partition coefficient (Wildman–Crippen LogP) is 1.79. The Balaban J connectivity index is 1.43. The van der Waals surface area contributed by atoms with Crippen molar-refractivity contribution < 1.29 is 17.9 Å². The molecule has 4 rings (SSSR count). The van der Waals surface area contributed by atoms with Crippen molar-refractivity contribution >= 4 is 26.7 Å². The van der Waals surface area contributed by atoms with E-state index in [-0.39, 0.29) is 23.0 Å². The Morgan fingerprint density at radius 2 is 2.00 bits per heavy atom. The largest absolute Gasteiger partial charge is 0.338 e. The molecule has 160 valence electrons. The van der Waals surface area contributed by atoms with Gasteiger partial charge >= 0.3 is 0 Å². The van der Waals surface area contributed by atoms with E-state index in [1.165, 1.54) is 25.2 Å². The van der Waals surface area contributed by atoms with Crippen LogP contribution in [0.1, 0.15) is 11.7 Å². The fourth-order valence-corrected chi connectivity index (χ4v) is 4.12. The normalized spacial score (nSPS) is 11.9. The van der Waals surface area contributed by atoms with E-state index in [0.29, 0.717) is 18.8 Å². The number of sulfonamides is 1. The van der Waals surface area contributed by atoms with Crippen molar-refractivity contribution in [2.45, 2.75) is 24.4 Å². The van der Waals surface area contributed by atoms with E-state index >= 15 is 0 Å². The molecule has 0 N–H and O–H groups in total. The molecule has 0 atom stereocenters. The van der Waals surface area contributed by atoms with Crippen molar-refractivity contribution in [3.05, 3.63) is 70.4 Å². The van der Waals surface area contributed by atoms with Crippen LogP contribution in [0.4, 0.5) is 5.69 Å². The quantitative estimate of drug-likeness (QED) is 0.293. The summed E-state index contributed by atoms with van der Waals surface area (Å²) in [6, 6.07) is 12.4. The maximum Gasteiger partial charge on any atom is 0.270 e. The lowest BCUT2D eigenvalue weighted by molar-refractivity contribution is -0.385. The van der Waals surface area contributed by atoms with E-state index in [1.807, 2.05) is 24.3 Å². The average molecular weight is 443 g/mol. The summed E-state index contributed by atoms with van der Waals surface area (Å²) in [7, 11) is -2.64. The van der Waals surface area contributed by atoms with E-state index in [0.717, 1.165) is 21.4 Å². The molecular weight excluding hydrogens is 426 g/mol. The van der Waals surface area contributed by atoms with Gasteiger partial charge in [0.2, 0.25) is 15.9 Å². The van der Waals surface area contributed by atoms with E-state index in [4.69, 9.17) is 4.52 Å². The lowest BCUT2D eigenvalue weighted by atomic mass is 10.3. The first-order chi connectivity index (χ1) is 14.8. The summed E-state index contributed by atoms with van der Waals surface area (Å²) in [6.45, 7) is 0.297. The summed E-state index contributed by atoms with van der Waals surface area (Å²) in [6.07, 6.45) is 0.415. The van der Waals surface area contributed by atoms with Crippen LogP contribution in [-0.4, -0.2) is 49.8 Å². The second-order valence-corrected chi connectivity index (χ2v) is 8.72. The monoisotopic (exact) mass is 443 g/mol. The van der Waals surface area contributed by atoms with Crippen LogP contribution in [0, 0.1) is 10.1 Å². The molecule has 2 heterocycles. The molecule has 2 aromatic heterocycles. The van der Waals surface area contributed by atoms with Crippen LogP contribution < -0.4 is 0 Å². The van der Waals surface area contributed by atoms with E-state index < -0.39 is 14.9 Å². The Morgan fingerprint density at radius 3 is 2.81 bits per heavy atom. The van der Waals surface area contributed by atoms with Gasteiger partial charge in [-0.15, -0.1) is 5.10 Å². The third kappa shape index (κ3) is 4.27. The number of nitro groups is 1. The minimum absolute atomic E-state index is 0.106. The number of hydrogen-bond donors (Lipinski definition) is 0. The summed E-state index contributed by atoms with van der Waals surface area (Å²) >= 11 is 0. The summed E-state index contributed by atoms with van der Waals surface area (Å²) in [4.78, 5) is 14.3. The molecule has 31 heavy (non-hydrogen) atoms. The Hall–Kier alpha value is -3.71.